The summed E-state index contributed by atoms with van der Waals surface area (Å²) in [5.41, 5.74) is -0.135. The predicted molar refractivity (Wildman–Crippen MR) is 77.7 cm³/mol. The van der Waals surface area contributed by atoms with Crippen LogP contribution in [0.15, 0.2) is 12.4 Å². The van der Waals surface area contributed by atoms with Gasteiger partial charge in [-0.3, -0.25) is 4.98 Å². The SMILES string of the molecule is CC(C)Oc1cncc(NCC2(CS(C)(=O)=O)CC2)n1. The van der Waals surface area contributed by atoms with Crippen LogP contribution in [0.25, 0.3) is 0 Å². The minimum atomic E-state index is -2.95. The Morgan fingerprint density at radius 3 is 2.65 bits per heavy atom. The summed E-state index contributed by atoms with van der Waals surface area (Å²) in [5.74, 6) is 1.31. The smallest absolute Gasteiger partial charge is 0.234 e. The molecule has 20 heavy (non-hydrogen) atoms. The molecule has 7 heteroatoms. The monoisotopic (exact) mass is 299 g/mol. The van der Waals surface area contributed by atoms with Crippen LogP contribution in [0.1, 0.15) is 26.7 Å². The van der Waals surface area contributed by atoms with Crippen molar-refractivity contribution in [2.75, 3.05) is 23.9 Å². The zero-order valence-electron chi connectivity index (χ0n) is 12.1. The molecule has 1 aliphatic rings. The van der Waals surface area contributed by atoms with E-state index in [0.717, 1.165) is 12.8 Å². The highest BCUT2D eigenvalue weighted by Gasteiger charge is 2.45. The molecule has 0 atom stereocenters. The van der Waals surface area contributed by atoms with Crippen LogP contribution in [0.2, 0.25) is 0 Å². The summed E-state index contributed by atoms with van der Waals surface area (Å²) in [5, 5.41) is 3.17. The van der Waals surface area contributed by atoms with Crippen LogP contribution in [-0.4, -0.2) is 43.0 Å². The molecule has 0 aliphatic heterocycles. The van der Waals surface area contributed by atoms with E-state index in [0.29, 0.717) is 18.2 Å². The molecule has 0 aromatic carbocycles. The molecule has 0 spiro atoms. The van der Waals surface area contributed by atoms with Gasteiger partial charge in [-0.25, -0.2) is 8.42 Å². The van der Waals surface area contributed by atoms with Gasteiger partial charge in [-0.05, 0) is 26.7 Å². The first-order valence-corrected chi connectivity index (χ1v) is 8.74. The van der Waals surface area contributed by atoms with Gasteiger partial charge in [0.05, 0.1) is 24.3 Å². The summed E-state index contributed by atoms with van der Waals surface area (Å²) in [6, 6.07) is 0. The molecule has 1 heterocycles. The van der Waals surface area contributed by atoms with Crippen LogP contribution < -0.4 is 10.1 Å². The van der Waals surface area contributed by atoms with Gasteiger partial charge in [0.15, 0.2) is 0 Å². The number of ether oxygens (including phenoxy) is 1. The third-order valence-electron chi connectivity index (χ3n) is 3.14. The topological polar surface area (TPSA) is 81.2 Å². The number of sulfone groups is 1. The molecular formula is C13H21N3O3S. The van der Waals surface area contributed by atoms with Crippen molar-refractivity contribution in [2.45, 2.75) is 32.8 Å². The van der Waals surface area contributed by atoms with Crippen LogP contribution >= 0.6 is 0 Å². The Labute approximate surface area is 119 Å². The molecule has 1 aromatic rings. The van der Waals surface area contributed by atoms with Gasteiger partial charge >= 0.3 is 0 Å². The molecule has 0 saturated heterocycles. The second-order valence-corrected chi connectivity index (χ2v) is 7.97. The maximum Gasteiger partial charge on any atom is 0.234 e. The third kappa shape index (κ3) is 4.63. The number of hydrogen-bond donors (Lipinski definition) is 1. The predicted octanol–water partition coefficient (Wildman–Crippen LogP) is 1.50. The summed E-state index contributed by atoms with van der Waals surface area (Å²) in [4.78, 5) is 8.36. The number of anilines is 1. The highest BCUT2D eigenvalue weighted by atomic mass is 32.2. The summed E-state index contributed by atoms with van der Waals surface area (Å²) in [6.45, 7) is 4.44. The summed E-state index contributed by atoms with van der Waals surface area (Å²) in [6.07, 6.45) is 6.37. The van der Waals surface area contributed by atoms with Gasteiger partial charge < -0.3 is 10.1 Å². The van der Waals surface area contributed by atoms with E-state index in [1.165, 1.54) is 6.26 Å². The average Bonchev–Trinajstić information content (AvgIpc) is 3.04. The van der Waals surface area contributed by atoms with Gasteiger partial charge in [0.2, 0.25) is 5.88 Å². The van der Waals surface area contributed by atoms with E-state index in [1.807, 2.05) is 13.8 Å². The van der Waals surface area contributed by atoms with Gasteiger partial charge in [0, 0.05) is 18.2 Å². The molecule has 0 amide bonds. The molecule has 1 fully saturated rings. The van der Waals surface area contributed by atoms with E-state index in [1.54, 1.807) is 12.4 Å². The molecule has 1 aromatic heterocycles. The Balaban J connectivity index is 1.94. The summed E-state index contributed by atoms with van der Waals surface area (Å²) < 4.78 is 28.3. The molecule has 1 N–H and O–H groups in total. The van der Waals surface area contributed by atoms with Gasteiger partial charge in [0.1, 0.15) is 15.7 Å². The first-order chi connectivity index (χ1) is 9.28. The number of rotatable bonds is 7. The van der Waals surface area contributed by atoms with Crippen molar-refractivity contribution in [3.05, 3.63) is 12.4 Å². The van der Waals surface area contributed by atoms with E-state index in [4.69, 9.17) is 4.74 Å². The maximum atomic E-state index is 11.4. The molecule has 1 saturated carbocycles. The van der Waals surface area contributed by atoms with E-state index < -0.39 is 9.84 Å². The fourth-order valence-corrected chi connectivity index (χ4v) is 3.62. The zero-order valence-corrected chi connectivity index (χ0v) is 12.9. The van der Waals surface area contributed by atoms with Crippen LogP contribution in [0.4, 0.5) is 5.82 Å². The lowest BCUT2D eigenvalue weighted by Gasteiger charge is -2.15. The average molecular weight is 299 g/mol. The lowest BCUT2D eigenvalue weighted by Crippen LogP contribution is -2.24. The van der Waals surface area contributed by atoms with E-state index in [2.05, 4.69) is 15.3 Å². The molecular weight excluding hydrogens is 278 g/mol. The van der Waals surface area contributed by atoms with Crippen molar-refractivity contribution in [1.29, 1.82) is 0 Å². The molecule has 2 rings (SSSR count). The fraction of sp³-hybridized carbons (Fsp3) is 0.692. The fourth-order valence-electron chi connectivity index (χ4n) is 2.11. The van der Waals surface area contributed by atoms with Crippen molar-refractivity contribution in [3.63, 3.8) is 0 Å². The largest absolute Gasteiger partial charge is 0.474 e. The Kier molecular flexibility index (Phi) is 4.17. The van der Waals surface area contributed by atoms with Crippen LogP contribution in [0.3, 0.4) is 0 Å². The van der Waals surface area contributed by atoms with Crippen LogP contribution in [-0.2, 0) is 9.84 Å². The van der Waals surface area contributed by atoms with Crippen LogP contribution in [0, 0.1) is 5.41 Å². The van der Waals surface area contributed by atoms with Crippen LogP contribution in [0.5, 0.6) is 5.88 Å². The Morgan fingerprint density at radius 2 is 2.10 bits per heavy atom. The van der Waals surface area contributed by atoms with E-state index in [-0.39, 0.29) is 17.3 Å². The van der Waals surface area contributed by atoms with E-state index in [9.17, 15) is 8.42 Å². The number of hydrogen-bond acceptors (Lipinski definition) is 6. The van der Waals surface area contributed by atoms with Crippen molar-refractivity contribution in [3.8, 4) is 5.88 Å². The Morgan fingerprint density at radius 1 is 1.40 bits per heavy atom. The first kappa shape index (κ1) is 15.0. The number of nitrogens with zero attached hydrogens (tertiary/aromatic N) is 2. The van der Waals surface area contributed by atoms with Crippen molar-refractivity contribution in [1.82, 2.24) is 9.97 Å². The van der Waals surface area contributed by atoms with E-state index >= 15 is 0 Å². The lowest BCUT2D eigenvalue weighted by molar-refractivity contribution is 0.232. The van der Waals surface area contributed by atoms with Gasteiger partial charge in [-0.1, -0.05) is 0 Å². The molecule has 0 unspecified atom stereocenters. The second kappa shape index (κ2) is 5.55. The minimum Gasteiger partial charge on any atom is -0.474 e. The molecule has 6 nitrogen and oxygen atoms in total. The second-order valence-electron chi connectivity index (χ2n) is 5.83. The number of aromatic nitrogens is 2. The summed E-state index contributed by atoms with van der Waals surface area (Å²) >= 11 is 0. The molecule has 0 bridgehead atoms. The Hall–Kier alpha value is -1.37. The maximum absolute atomic E-state index is 11.4. The lowest BCUT2D eigenvalue weighted by atomic mass is 10.1. The Bertz CT molecular complexity index is 568. The number of nitrogens with one attached hydrogen (secondary N) is 1. The highest BCUT2D eigenvalue weighted by molar-refractivity contribution is 7.90. The minimum absolute atomic E-state index is 0.0413. The van der Waals surface area contributed by atoms with Crippen molar-refractivity contribution in [2.24, 2.45) is 5.41 Å². The zero-order chi connectivity index (χ0) is 14.8. The third-order valence-corrected chi connectivity index (χ3v) is 4.28. The van der Waals surface area contributed by atoms with Gasteiger partial charge in [0.25, 0.3) is 0 Å². The van der Waals surface area contributed by atoms with Gasteiger partial charge in [-0.15, -0.1) is 0 Å². The molecule has 112 valence electrons. The van der Waals surface area contributed by atoms with Crippen molar-refractivity contribution < 1.29 is 13.2 Å². The quantitative estimate of drug-likeness (QED) is 0.821. The van der Waals surface area contributed by atoms with Gasteiger partial charge in [-0.2, -0.15) is 4.98 Å². The first-order valence-electron chi connectivity index (χ1n) is 6.68. The molecule has 0 radical (unpaired) electrons. The molecule has 1 aliphatic carbocycles. The standard InChI is InChI=1S/C13H21N3O3S/c1-10(2)19-12-7-14-6-11(16-12)15-8-13(4-5-13)9-20(3,17)18/h6-7,10H,4-5,8-9H2,1-3H3,(H,15,16). The van der Waals surface area contributed by atoms with Crippen molar-refractivity contribution >= 4 is 15.7 Å². The highest BCUT2D eigenvalue weighted by Crippen LogP contribution is 2.46. The normalized spacial score (nSPS) is 17.0. The summed E-state index contributed by atoms with van der Waals surface area (Å²) in [7, 11) is -2.95.